The highest BCUT2D eigenvalue weighted by molar-refractivity contribution is 5.28. The number of benzene rings is 1. The van der Waals surface area contributed by atoms with E-state index in [2.05, 4.69) is 18.5 Å². The third-order valence-electron chi connectivity index (χ3n) is 2.01. The maximum absolute atomic E-state index is 8.34. The second-order valence-electron chi connectivity index (χ2n) is 3.11. The molecule has 0 saturated carbocycles. The Morgan fingerprint density at radius 1 is 1.43 bits per heavy atom. The van der Waals surface area contributed by atoms with Crippen molar-refractivity contribution in [3.8, 4) is 5.75 Å². The molecule has 1 aromatic rings. The van der Waals surface area contributed by atoms with E-state index in [9.17, 15) is 0 Å². The summed E-state index contributed by atoms with van der Waals surface area (Å²) in [6, 6.07) is 8.08. The minimum Gasteiger partial charge on any atom is -0.494 e. The van der Waals surface area contributed by atoms with E-state index >= 15 is 0 Å². The number of nitrogens with one attached hydrogen (secondary N) is 1. The quantitative estimate of drug-likeness (QED) is 0.539. The van der Waals surface area contributed by atoms with Crippen molar-refractivity contribution in [2.75, 3.05) is 13.2 Å². The first-order chi connectivity index (χ1) is 6.86. The van der Waals surface area contributed by atoms with Crippen LogP contribution in [0.3, 0.4) is 0 Å². The summed E-state index contributed by atoms with van der Waals surface area (Å²) < 4.78 is 5.50. The van der Waals surface area contributed by atoms with Gasteiger partial charge in [-0.15, -0.1) is 0 Å². The van der Waals surface area contributed by atoms with Crippen molar-refractivity contribution in [2.45, 2.75) is 19.8 Å². The van der Waals surface area contributed by atoms with Crippen LogP contribution in [0.5, 0.6) is 5.75 Å². The summed E-state index contributed by atoms with van der Waals surface area (Å²) in [6.45, 7) is 3.31. The van der Waals surface area contributed by atoms with Gasteiger partial charge in [-0.3, -0.25) is 0 Å². The molecule has 3 heteroatoms. The Hall–Kier alpha value is -1.06. The highest BCUT2D eigenvalue weighted by atomic mass is 16.5. The number of aryl methyl sites for hydroxylation is 1. The van der Waals surface area contributed by atoms with Crippen LogP contribution in [0.15, 0.2) is 24.3 Å². The number of hydrogen-bond donors (Lipinski definition) is 2. The average Bonchev–Trinajstić information content (AvgIpc) is 2.25. The molecule has 1 rings (SSSR count). The molecule has 14 heavy (non-hydrogen) atoms. The molecular weight excluding hydrogens is 178 g/mol. The van der Waals surface area contributed by atoms with Crippen molar-refractivity contribution in [3.63, 3.8) is 0 Å². The molecule has 0 saturated heterocycles. The van der Waals surface area contributed by atoms with Gasteiger partial charge in [0.2, 0.25) is 0 Å². The van der Waals surface area contributed by atoms with Gasteiger partial charge in [0, 0.05) is 6.54 Å². The van der Waals surface area contributed by atoms with Crippen LogP contribution < -0.4 is 10.2 Å². The van der Waals surface area contributed by atoms with Crippen molar-refractivity contribution in [3.05, 3.63) is 29.8 Å². The number of hydroxylamine groups is 1. The van der Waals surface area contributed by atoms with E-state index in [4.69, 9.17) is 9.94 Å². The molecule has 0 aliphatic heterocycles. The molecule has 0 amide bonds. The van der Waals surface area contributed by atoms with Gasteiger partial charge in [0.25, 0.3) is 0 Å². The molecule has 0 unspecified atom stereocenters. The van der Waals surface area contributed by atoms with E-state index in [-0.39, 0.29) is 0 Å². The molecule has 0 aliphatic carbocycles. The third kappa shape index (κ3) is 3.77. The van der Waals surface area contributed by atoms with Gasteiger partial charge in [-0.05, 0) is 30.5 Å². The van der Waals surface area contributed by atoms with Gasteiger partial charge in [-0.1, -0.05) is 19.1 Å². The van der Waals surface area contributed by atoms with Crippen LogP contribution in [-0.4, -0.2) is 18.4 Å². The predicted molar refractivity (Wildman–Crippen MR) is 55.7 cm³/mol. The monoisotopic (exact) mass is 195 g/mol. The second-order valence-corrected chi connectivity index (χ2v) is 3.11. The lowest BCUT2D eigenvalue weighted by Crippen LogP contribution is -2.12. The van der Waals surface area contributed by atoms with Gasteiger partial charge >= 0.3 is 0 Å². The Balaban J connectivity index is 2.34. The van der Waals surface area contributed by atoms with Crippen LogP contribution >= 0.6 is 0 Å². The third-order valence-corrected chi connectivity index (χ3v) is 2.01. The molecule has 78 valence electrons. The first-order valence-corrected chi connectivity index (χ1v) is 4.95. The van der Waals surface area contributed by atoms with Crippen molar-refractivity contribution in [1.82, 2.24) is 5.48 Å². The van der Waals surface area contributed by atoms with E-state index in [0.29, 0.717) is 13.2 Å². The Labute approximate surface area is 84.7 Å². The normalized spacial score (nSPS) is 10.1. The maximum Gasteiger partial charge on any atom is 0.119 e. The molecule has 3 nitrogen and oxygen atoms in total. The SMILES string of the molecule is CCc1cccc(OCCCNO)c1. The Kier molecular flexibility index (Phi) is 5.04. The topological polar surface area (TPSA) is 41.5 Å². The van der Waals surface area contributed by atoms with E-state index < -0.39 is 0 Å². The molecule has 0 fully saturated rings. The summed E-state index contributed by atoms with van der Waals surface area (Å²) >= 11 is 0. The minimum absolute atomic E-state index is 0.563. The molecule has 2 N–H and O–H groups in total. The van der Waals surface area contributed by atoms with Crippen LogP contribution in [-0.2, 0) is 6.42 Å². The molecule has 0 aliphatic rings. The molecule has 1 aromatic carbocycles. The zero-order valence-corrected chi connectivity index (χ0v) is 8.49. The lowest BCUT2D eigenvalue weighted by molar-refractivity contribution is 0.157. The summed E-state index contributed by atoms with van der Waals surface area (Å²) in [4.78, 5) is 0. The van der Waals surface area contributed by atoms with Crippen molar-refractivity contribution >= 4 is 0 Å². The number of hydrogen-bond acceptors (Lipinski definition) is 3. The summed E-state index contributed by atoms with van der Waals surface area (Å²) in [5, 5.41) is 8.34. The molecule has 0 aromatic heterocycles. The second kappa shape index (κ2) is 6.40. The van der Waals surface area contributed by atoms with Crippen LogP contribution in [0.4, 0.5) is 0 Å². The molecular formula is C11H17NO2. The highest BCUT2D eigenvalue weighted by Crippen LogP contribution is 2.13. The molecule has 0 bridgehead atoms. The lowest BCUT2D eigenvalue weighted by Gasteiger charge is -2.06. The van der Waals surface area contributed by atoms with Gasteiger partial charge < -0.3 is 9.94 Å². The molecule has 0 radical (unpaired) electrons. The summed E-state index contributed by atoms with van der Waals surface area (Å²) in [5.41, 5.74) is 3.38. The van der Waals surface area contributed by atoms with E-state index in [1.165, 1.54) is 5.56 Å². The summed E-state index contributed by atoms with van der Waals surface area (Å²) in [5.74, 6) is 0.905. The number of rotatable bonds is 6. The lowest BCUT2D eigenvalue weighted by atomic mass is 10.2. The Morgan fingerprint density at radius 3 is 3.00 bits per heavy atom. The van der Waals surface area contributed by atoms with Crippen LogP contribution in [0.1, 0.15) is 18.9 Å². The first-order valence-electron chi connectivity index (χ1n) is 4.95. The van der Waals surface area contributed by atoms with E-state index in [0.717, 1.165) is 18.6 Å². The minimum atomic E-state index is 0.563. The molecule has 0 spiro atoms. The predicted octanol–water partition coefficient (Wildman–Crippen LogP) is 2.00. The fourth-order valence-corrected chi connectivity index (χ4v) is 1.20. The molecule has 0 heterocycles. The smallest absolute Gasteiger partial charge is 0.119 e. The standard InChI is InChI=1S/C11H17NO2/c1-2-10-5-3-6-11(9-10)14-8-4-7-12-13/h3,5-6,9,12-13H,2,4,7-8H2,1H3. The van der Waals surface area contributed by atoms with Gasteiger partial charge in [0.05, 0.1) is 6.61 Å². The zero-order chi connectivity index (χ0) is 10.2. The average molecular weight is 195 g/mol. The van der Waals surface area contributed by atoms with Crippen LogP contribution in [0, 0.1) is 0 Å². The van der Waals surface area contributed by atoms with E-state index in [1.807, 2.05) is 18.2 Å². The molecule has 0 atom stereocenters. The van der Waals surface area contributed by atoms with Gasteiger partial charge in [0.1, 0.15) is 5.75 Å². The van der Waals surface area contributed by atoms with E-state index in [1.54, 1.807) is 0 Å². The van der Waals surface area contributed by atoms with Gasteiger partial charge in [0.15, 0.2) is 0 Å². The summed E-state index contributed by atoms with van der Waals surface area (Å²) in [7, 11) is 0. The van der Waals surface area contributed by atoms with Crippen LogP contribution in [0.2, 0.25) is 0 Å². The fraction of sp³-hybridized carbons (Fsp3) is 0.455. The van der Waals surface area contributed by atoms with Crippen molar-refractivity contribution in [1.29, 1.82) is 0 Å². The maximum atomic E-state index is 8.34. The van der Waals surface area contributed by atoms with Gasteiger partial charge in [-0.2, -0.15) is 0 Å². The first kappa shape index (κ1) is 11.0. The largest absolute Gasteiger partial charge is 0.494 e. The number of ether oxygens (including phenoxy) is 1. The highest BCUT2D eigenvalue weighted by Gasteiger charge is 1.94. The zero-order valence-electron chi connectivity index (χ0n) is 8.49. The fourth-order valence-electron chi connectivity index (χ4n) is 1.20. The van der Waals surface area contributed by atoms with Gasteiger partial charge in [-0.25, -0.2) is 5.48 Å². The summed E-state index contributed by atoms with van der Waals surface area (Å²) in [6.07, 6.45) is 1.82. The van der Waals surface area contributed by atoms with Crippen LogP contribution in [0.25, 0.3) is 0 Å². The van der Waals surface area contributed by atoms with Crippen molar-refractivity contribution < 1.29 is 9.94 Å². The Bertz CT molecular complexity index is 263. The Morgan fingerprint density at radius 2 is 2.29 bits per heavy atom. The van der Waals surface area contributed by atoms with Crippen molar-refractivity contribution in [2.24, 2.45) is 0 Å².